The van der Waals surface area contributed by atoms with Crippen LogP contribution >= 0.6 is 0 Å². The Morgan fingerprint density at radius 1 is 1.37 bits per heavy atom. The quantitative estimate of drug-likeness (QED) is 0.810. The van der Waals surface area contributed by atoms with Gasteiger partial charge in [-0.05, 0) is 37.6 Å². The van der Waals surface area contributed by atoms with Crippen LogP contribution in [0.1, 0.15) is 36.2 Å². The number of carboxylic acid groups (broad SMARTS) is 1. The second kappa shape index (κ2) is 4.50. The molecular weight excluding hydrogens is 246 g/mol. The van der Waals surface area contributed by atoms with Crippen LogP contribution in [-0.2, 0) is 16.0 Å². The first-order chi connectivity index (χ1) is 8.79. The number of carbonyl (C=O) groups is 3. The Hall–Kier alpha value is -2.17. The van der Waals surface area contributed by atoms with Gasteiger partial charge in [-0.1, -0.05) is 0 Å². The third kappa shape index (κ3) is 2.65. The van der Waals surface area contributed by atoms with Gasteiger partial charge < -0.3 is 10.4 Å². The summed E-state index contributed by atoms with van der Waals surface area (Å²) in [6.45, 7) is 3.04. The predicted molar refractivity (Wildman–Crippen MR) is 69.1 cm³/mol. The van der Waals surface area contributed by atoms with Crippen molar-refractivity contribution in [1.82, 2.24) is 0 Å². The van der Waals surface area contributed by atoms with Gasteiger partial charge in [0, 0.05) is 17.7 Å². The van der Waals surface area contributed by atoms with Crippen molar-refractivity contribution in [2.45, 2.75) is 26.7 Å². The lowest BCUT2D eigenvalue weighted by Crippen LogP contribution is -2.27. The minimum absolute atomic E-state index is 0.0670. The largest absolute Gasteiger partial charge is 0.481 e. The molecule has 1 aliphatic heterocycles. The van der Waals surface area contributed by atoms with E-state index in [1.165, 1.54) is 13.8 Å². The molecule has 0 spiro atoms. The van der Waals surface area contributed by atoms with Crippen LogP contribution in [0, 0.1) is 5.41 Å². The van der Waals surface area contributed by atoms with Crippen molar-refractivity contribution in [2.75, 3.05) is 5.32 Å². The maximum absolute atomic E-state index is 12.1. The highest BCUT2D eigenvalue weighted by molar-refractivity contribution is 6.03. The SMILES string of the molecule is CC(C)(CC(=O)c1ccc2c(c1)CC(=O)N2)C(=O)O. The summed E-state index contributed by atoms with van der Waals surface area (Å²) in [5.74, 6) is -1.32. The maximum atomic E-state index is 12.1. The van der Waals surface area contributed by atoms with Gasteiger partial charge in [0.2, 0.25) is 5.91 Å². The van der Waals surface area contributed by atoms with Crippen LogP contribution < -0.4 is 5.32 Å². The zero-order chi connectivity index (χ0) is 14.2. The molecule has 0 aromatic heterocycles. The number of rotatable bonds is 4. The van der Waals surface area contributed by atoms with Crippen LogP contribution in [-0.4, -0.2) is 22.8 Å². The number of anilines is 1. The first kappa shape index (κ1) is 13.3. The number of ketones is 1. The molecule has 1 heterocycles. The topological polar surface area (TPSA) is 83.5 Å². The summed E-state index contributed by atoms with van der Waals surface area (Å²) in [5, 5.41) is 11.7. The van der Waals surface area contributed by atoms with E-state index in [0.717, 1.165) is 11.3 Å². The van der Waals surface area contributed by atoms with Crippen molar-refractivity contribution in [3.05, 3.63) is 29.3 Å². The van der Waals surface area contributed by atoms with E-state index >= 15 is 0 Å². The van der Waals surface area contributed by atoms with Crippen LogP contribution in [0.2, 0.25) is 0 Å². The summed E-state index contributed by atoms with van der Waals surface area (Å²) in [4.78, 5) is 34.3. The smallest absolute Gasteiger partial charge is 0.309 e. The Labute approximate surface area is 110 Å². The molecule has 2 N–H and O–H groups in total. The normalized spacial score (nSPS) is 13.9. The number of nitrogens with one attached hydrogen (secondary N) is 1. The number of benzene rings is 1. The molecular formula is C14H15NO4. The summed E-state index contributed by atoms with van der Waals surface area (Å²) >= 11 is 0. The molecule has 1 aliphatic rings. The van der Waals surface area contributed by atoms with E-state index in [4.69, 9.17) is 5.11 Å². The van der Waals surface area contributed by atoms with Crippen molar-refractivity contribution in [1.29, 1.82) is 0 Å². The Kier molecular flexibility index (Phi) is 3.14. The van der Waals surface area contributed by atoms with E-state index in [0.29, 0.717) is 5.56 Å². The van der Waals surface area contributed by atoms with Crippen molar-refractivity contribution in [2.24, 2.45) is 5.41 Å². The standard InChI is InChI=1S/C14H15NO4/c1-14(2,13(18)19)7-11(16)8-3-4-10-9(5-8)6-12(17)15-10/h3-5H,6-7H2,1-2H3,(H,15,17)(H,18,19). The summed E-state index contributed by atoms with van der Waals surface area (Å²) in [7, 11) is 0. The van der Waals surface area contributed by atoms with E-state index in [-0.39, 0.29) is 24.5 Å². The first-order valence-electron chi connectivity index (χ1n) is 5.99. The average molecular weight is 261 g/mol. The lowest BCUT2D eigenvalue weighted by Gasteiger charge is -2.17. The Morgan fingerprint density at radius 2 is 2.05 bits per heavy atom. The fourth-order valence-corrected chi connectivity index (χ4v) is 1.98. The fourth-order valence-electron chi connectivity index (χ4n) is 1.98. The molecule has 0 atom stereocenters. The van der Waals surface area contributed by atoms with Gasteiger partial charge in [-0.25, -0.2) is 0 Å². The van der Waals surface area contributed by atoms with Crippen LogP contribution in [0.25, 0.3) is 0 Å². The maximum Gasteiger partial charge on any atom is 0.309 e. The molecule has 100 valence electrons. The van der Waals surface area contributed by atoms with Gasteiger partial charge in [-0.3, -0.25) is 14.4 Å². The molecule has 0 unspecified atom stereocenters. The third-order valence-electron chi connectivity index (χ3n) is 3.23. The minimum atomic E-state index is -1.09. The third-order valence-corrected chi connectivity index (χ3v) is 3.23. The van der Waals surface area contributed by atoms with Gasteiger partial charge in [-0.15, -0.1) is 0 Å². The van der Waals surface area contributed by atoms with E-state index in [2.05, 4.69) is 5.32 Å². The number of carbonyl (C=O) groups excluding carboxylic acids is 2. The molecule has 0 saturated heterocycles. The molecule has 19 heavy (non-hydrogen) atoms. The van der Waals surface area contributed by atoms with E-state index in [1.54, 1.807) is 18.2 Å². The molecule has 0 radical (unpaired) electrons. The number of Topliss-reactive ketones (excluding diaryl/α,β-unsaturated/α-hetero) is 1. The summed E-state index contributed by atoms with van der Waals surface area (Å²) in [6, 6.07) is 4.96. The fraction of sp³-hybridized carbons (Fsp3) is 0.357. The Balaban J connectivity index is 2.20. The molecule has 0 fully saturated rings. The molecule has 2 rings (SSSR count). The van der Waals surface area contributed by atoms with Crippen molar-refractivity contribution < 1.29 is 19.5 Å². The van der Waals surface area contributed by atoms with Gasteiger partial charge >= 0.3 is 5.97 Å². The zero-order valence-corrected chi connectivity index (χ0v) is 10.8. The number of amides is 1. The summed E-state index contributed by atoms with van der Waals surface area (Å²) in [6.07, 6.45) is 0.196. The van der Waals surface area contributed by atoms with Crippen LogP contribution in [0.4, 0.5) is 5.69 Å². The number of aliphatic carboxylic acids is 1. The Morgan fingerprint density at radius 3 is 2.68 bits per heavy atom. The van der Waals surface area contributed by atoms with E-state index in [9.17, 15) is 14.4 Å². The molecule has 1 aromatic carbocycles. The number of hydrogen-bond acceptors (Lipinski definition) is 3. The Bertz CT molecular complexity index is 575. The highest BCUT2D eigenvalue weighted by atomic mass is 16.4. The van der Waals surface area contributed by atoms with Gasteiger partial charge in [0.05, 0.1) is 11.8 Å². The number of fused-ring (bicyclic) bond motifs is 1. The molecule has 1 amide bonds. The van der Waals surface area contributed by atoms with Gasteiger partial charge in [-0.2, -0.15) is 0 Å². The van der Waals surface area contributed by atoms with Crippen LogP contribution in [0.3, 0.4) is 0 Å². The summed E-state index contributed by atoms with van der Waals surface area (Å²) < 4.78 is 0. The molecule has 0 saturated carbocycles. The molecule has 5 nitrogen and oxygen atoms in total. The van der Waals surface area contributed by atoms with Crippen molar-refractivity contribution in [3.8, 4) is 0 Å². The van der Waals surface area contributed by atoms with Crippen molar-refractivity contribution in [3.63, 3.8) is 0 Å². The van der Waals surface area contributed by atoms with Crippen LogP contribution in [0.15, 0.2) is 18.2 Å². The van der Waals surface area contributed by atoms with Gasteiger partial charge in [0.25, 0.3) is 0 Å². The average Bonchev–Trinajstić information content (AvgIpc) is 2.66. The van der Waals surface area contributed by atoms with Gasteiger partial charge in [0.1, 0.15) is 0 Å². The van der Waals surface area contributed by atoms with Crippen LogP contribution in [0.5, 0.6) is 0 Å². The van der Waals surface area contributed by atoms with Crippen molar-refractivity contribution >= 4 is 23.3 Å². The zero-order valence-electron chi connectivity index (χ0n) is 10.8. The number of hydrogen-bond donors (Lipinski definition) is 2. The minimum Gasteiger partial charge on any atom is -0.481 e. The lowest BCUT2D eigenvalue weighted by atomic mass is 9.85. The molecule has 0 aliphatic carbocycles. The monoisotopic (exact) mass is 261 g/mol. The number of carboxylic acids is 1. The second-order valence-electron chi connectivity index (χ2n) is 5.39. The highest BCUT2D eigenvalue weighted by Crippen LogP contribution is 2.27. The molecule has 1 aromatic rings. The second-order valence-corrected chi connectivity index (χ2v) is 5.39. The highest BCUT2D eigenvalue weighted by Gasteiger charge is 2.31. The van der Waals surface area contributed by atoms with E-state index < -0.39 is 11.4 Å². The lowest BCUT2D eigenvalue weighted by molar-refractivity contribution is -0.146. The van der Waals surface area contributed by atoms with Gasteiger partial charge in [0.15, 0.2) is 5.78 Å². The molecule has 5 heteroatoms. The predicted octanol–water partition coefficient (Wildman–Crippen LogP) is 1.86. The van der Waals surface area contributed by atoms with E-state index in [1.807, 2.05) is 0 Å². The first-order valence-corrected chi connectivity index (χ1v) is 5.99. The summed E-state index contributed by atoms with van der Waals surface area (Å²) in [5.41, 5.74) is 0.858. The molecule has 0 bridgehead atoms.